The molecule has 0 radical (unpaired) electrons. The molecule has 0 saturated carbocycles. The summed E-state index contributed by atoms with van der Waals surface area (Å²) in [5, 5.41) is 0.0426. The zero-order valence-electron chi connectivity index (χ0n) is 11.5. The van der Waals surface area contributed by atoms with Crippen LogP contribution < -0.4 is 9.47 Å². The van der Waals surface area contributed by atoms with Crippen LogP contribution >= 0.6 is 11.6 Å². The van der Waals surface area contributed by atoms with Crippen molar-refractivity contribution in [2.45, 2.75) is 26.7 Å². The third-order valence-corrected chi connectivity index (χ3v) is 2.68. The first-order valence-electron chi connectivity index (χ1n) is 6.52. The zero-order chi connectivity index (χ0) is 14.4. The number of hydrogen-bond donors (Lipinski definition) is 0. The number of aromatic nitrogens is 3. The van der Waals surface area contributed by atoms with Crippen LogP contribution in [0, 0.1) is 0 Å². The largest absolute Gasteiger partial charge is 0.464 e. The summed E-state index contributed by atoms with van der Waals surface area (Å²) in [5.74, 6) is 0.648. The molecule has 0 aliphatic carbocycles. The Hall–Kier alpha value is -1.88. The quantitative estimate of drug-likeness (QED) is 0.813. The van der Waals surface area contributed by atoms with Crippen LogP contribution in [0.25, 0.3) is 0 Å². The van der Waals surface area contributed by atoms with E-state index in [0.717, 1.165) is 12.8 Å². The Morgan fingerprint density at radius 1 is 1.00 bits per heavy atom. The lowest BCUT2D eigenvalue weighted by Crippen LogP contribution is -2.01. The van der Waals surface area contributed by atoms with Gasteiger partial charge in [-0.05, 0) is 42.6 Å². The van der Waals surface area contributed by atoms with Gasteiger partial charge in [-0.3, -0.25) is 0 Å². The minimum Gasteiger partial charge on any atom is -0.464 e. The number of benzene rings is 1. The molecule has 0 unspecified atom stereocenters. The van der Waals surface area contributed by atoms with Crippen LogP contribution in [0.2, 0.25) is 5.28 Å². The van der Waals surface area contributed by atoms with Crippen molar-refractivity contribution in [1.82, 2.24) is 15.0 Å². The minimum atomic E-state index is 0.0426. The Morgan fingerprint density at radius 2 is 1.70 bits per heavy atom. The van der Waals surface area contributed by atoms with Gasteiger partial charge < -0.3 is 9.47 Å². The Balaban J connectivity index is 2.12. The normalized spacial score (nSPS) is 10.3. The molecule has 0 fully saturated rings. The van der Waals surface area contributed by atoms with E-state index in [0.29, 0.717) is 12.4 Å². The van der Waals surface area contributed by atoms with Crippen molar-refractivity contribution in [3.05, 3.63) is 35.1 Å². The minimum absolute atomic E-state index is 0.0426. The van der Waals surface area contributed by atoms with Gasteiger partial charge in [0.2, 0.25) is 5.28 Å². The highest BCUT2D eigenvalue weighted by molar-refractivity contribution is 6.28. The molecule has 2 aromatic rings. The second kappa shape index (κ2) is 7.05. The molecule has 0 aliphatic rings. The van der Waals surface area contributed by atoms with Gasteiger partial charge in [-0.15, -0.1) is 4.98 Å². The van der Waals surface area contributed by atoms with Gasteiger partial charge in [-0.2, -0.15) is 9.97 Å². The number of ether oxygens (including phenoxy) is 2. The Morgan fingerprint density at radius 3 is 2.35 bits per heavy atom. The first-order chi connectivity index (χ1) is 9.71. The molecule has 5 nitrogen and oxygen atoms in total. The van der Waals surface area contributed by atoms with Crippen LogP contribution in [0.15, 0.2) is 24.3 Å². The molecule has 0 atom stereocenters. The van der Waals surface area contributed by atoms with Crippen molar-refractivity contribution >= 4 is 11.6 Å². The van der Waals surface area contributed by atoms with Gasteiger partial charge in [0.15, 0.2) is 0 Å². The molecule has 20 heavy (non-hydrogen) atoms. The van der Waals surface area contributed by atoms with Crippen molar-refractivity contribution in [1.29, 1.82) is 0 Å². The van der Waals surface area contributed by atoms with Gasteiger partial charge in [-0.25, -0.2) is 0 Å². The highest BCUT2D eigenvalue weighted by atomic mass is 35.5. The monoisotopic (exact) mass is 293 g/mol. The van der Waals surface area contributed by atoms with E-state index in [-0.39, 0.29) is 17.3 Å². The van der Waals surface area contributed by atoms with E-state index in [2.05, 4.69) is 21.9 Å². The Kier molecular flexibility index (Phi) is 5.12. The summed E-state index contributed by atoms with van der Waals surface area (Å²) in [4.78, 5) is 11.8. The van der Waals surface area contributed by atoms with Gasteiger partial charge >= 0.3 is 12.0 Å². The van der Waals surface area contributed by atoms with E-state index in [1.807, 2.05) is 31.2 Å². The number of rotatable bonds is 6. The summed E-state index contributed by atoms with van der Waals surface area (Å²) in [7, 11) is 0. The van der Waals surface area contributed by atoms with E-state index in [1.165, 1.54) is 5.56 Å². The van der Waals surface area contributed by atoms with Crippen molar-refractivity contribution in [3.63, 3.8) is 0 Å². The molecule has 0 bridgehead atoms. The molecule has 0 N–H and O–H groups in total. The smallest absolute Gasteiger partial charge is 0.329 e. The first kappa shape index (κ1) is 14.5. The zero-order valence-corrected chi connectivity index (χ0v) is 12.2. The number of halogens is 1. The summed E-state index contributed by atoms with van der Waals surface area (Å²) in [5.41, 5.74) is 1.27. The number of nitrogens with zero attached hydrogens (tertiary/aromatic N) is 3. The summed E-state index contributed by atoms with van der Waals surface area (Å²) in [6, 6.07) is 8.07. The predicted molar refractivity (Wildman–Crippen MR) is 76.5 cm³/mol. The van der Waals surface area contributed by atoms with Crippen molar-refractivity contribution in [2.24, 2.45) is 0 Å². The molecule has 0 spiro atoms. The third kappa shape index (κ3) is 4.06. The fourth-order valence-electron chi connectivity index (χ4n) is 1.67. The van der Waals surface area contributed by atoms with Crippen LogP contribution in [0.1, 0.15) is 25.8 Å². The highest BCUT2D eigenvalue weighted by Gasteiger charge is 2.08. The van der Waals surface area contributed by atoms with Crippen LogP contribution in [-0.4, -0.2) is 21.6 Å². The topological polar surface area (TPSA) is 57.1 Å². The molecule has 0 aliphatic heterocycles. The SMILES string of the molecule is CCCc1ccc(Oc2nc(Cl)nc(OCC)n2)cc1. The molecular weight excluding hydrogens is 278 g/mol. The maximum Gasteiger partial charge on any atom is 0.329 e. The lowest BCUT2D eigenvalue weighted by molar-refractivity contribution is 0.303. The van der Waals surface area contributed by atoms with Gasteiger partial charge in [0.1, 0.15) is 5.75 Å². The van der Waals surface area contributed by atoms with Crippen molar-refractivity contribution in [2.75, 3.05) is 6.61 Å². The molecule has 1 aromatic heterocycles. The maximum atomic E-state index is 5.80. The highest BCUT2D eigenvalue weighted by Crippen LogP contribution is 2.21. The molecule has 1 heterocycles. The Bertz CT molecular complexity index is 561. The maximum absolute atomic E-state index is 5.80. The van der Waals surface area contributed by atoms with Crippen LogP contribution in [0.3, 0.4) is 0 Å². The van der Waals surface area contributed by atoms with Gasteiger partial charge in [0.05, 0.1) is 6.61 Å². The second-order valence-electron chi connectivity index (χ2n) is 4.10. The van der Waals surface area contributed by atoms with Gasteiger partial charge in [-0.1, -0.05) is 25.5 Å². The lowest BCUT2D eigenvalue weighted by atomic mass is 10.1. The first-order valence-corrected chi connectivity index (χ1v) is 6.90. The van der Waals surface area contributed by atoms with E-state index < -0.39 is 0 Å². The lowest BCUT2D eigenvalue weighted by Gasteiger charge is -2.06. The van der Waals surface area contributed by atoms with E-state index >= 15 is 0 Å². The summed E-state index contributed by atoms with van der Waals surface area (Å²) in [6.07, 6.45) is 2.16. The van der Waals surface area contributed by atoms with E-state index in [9.17, 15) is 0 Å². The van der Waals surface area contributed by atoms with Crippen LogP contribution in [0.4, 0.5) is 0 Å². The third-order valence-electron chi connectivity index (χ3n) is 2.51. The van der Waals surface area contributed by atoms with Crippen LogP contribution in [0.5, 0.6) is 17.8 Å². The number of aryl methyl sites for hydroxylation is 1. The summed E-state index contributed by atoms with van der Waals surface area (Å²) >= 11 is 5.80. The molecule has 2 rings (SSSR count). The summed E-state index contributed by atoms with van der Waals surface area (Å²) < 4.78 is 10.7. The van der Waals surface area contributed by atoms with Gasteiger partial charge in [0, 0.05) is 0 Å². The van der Waals surface area contributed by atoms with Crippen molar-refractivity contribution in [3.8, 4) is 17.8 Å². The average Bonchev–Trinajstić information content (AvgIpc) is 2.41. The predicted octanol–water partition coefficient (Wildman–Crippen LogP) is 3.67. The average molecular weight is 294 g/mol. The molecule has 0 amide bonds. The molecular formula is C14H16ClN3O2. The summed E-state index contributed by atoms with van der Waals surface area (Å²) in [6.45, 7) is 4.43. The Labute approximate surface area is 123 Å². The molecule has 1 aromatic carbocycles. The van der Waals surface area contributed by atoms with E-state index in [4.69, 9.17) is 21.1 Å². The molecule has 0 saturated heterocycles. The van der Waals surface area contributed by atoms with Crippen LogP contribution in [-0.2, 0) is 6.42 Å². The second-order valence-corrected chi connectivity index (χ2v) is 4.44. The molecule has 106 valence electrons. The standard InChI is InChI=1S/C14H16ClN3O2/c1-3-5-10-6-8-11(9-7-10)20-14-17-12(15)16-13(18-14)19-4-2/h6-9H,3-5H2,1-2H3. The molecule has 6 heteroatoms. The fraction of sp³-hybridized carbons (Fsp3) is 0.357. The van der Waals surface area contributed by atoms with Crippen molar-refractivity contribution < 1.29 is 9.47 Å². The number of hydrogen-bond acceptors (Lipinski definition) is 5. The van der Waals surface area contributed by atoms with E-state index in [1.54, 1.807) is 0 Å². The van der Waals surface area contributed by atoms with Gasteiger partial charge in [0.25, 0.3) is 0 Å². The fourth-order valence-corrected chi connectivity index (χ4v) is 1.82.